The van der Waals surface area contributed by atoms with Crippen molar-refractivity contribution in [1.29, 1.82) is 0 Å². The number of aromatic nitrogens is 6. The van der Waals surface area contributed by atoms with Gasteiger partial charge < -0.3 is 9.88 Å². The van der Waals surface area contributed by atoms with Crippen LogP contribution in [0.1, 0.15) is 17.2 Å². The van der Waals surface area contributed by atoms with Gasteiger partial charge in [-0.2, -0.15) is 5.10 Å². The van der Waals surface area contributed by atoms with Crippen LogP contribution in [-0.2, 0) is 13.6 Å². The maximum absolute atomic E-state index is 4.67. The van der Waals surface area contributed by atoms with Crippen molar-refractivity contribution in [2.45, 2.75) is 20.4 Å². The van der Waals surface area contributed by atoms with Crippen molar-refractivity contribution >= 4 is 27.9 Å². The topological polar surface area (TPSA) is 75.5 Å². The normalized spacial score (nSPS) is 11.5. The van der Waals surface area contributed by atoms with Gasteiger partial charge in [-0.1, -0.05) is 6.07 Å². The number of nitrogens with zero attached hydrogens (tertiary/aromatic N) is 6. The molecule has 1 N–H and O–H groups in total. The summed E-state index contributed by atoms with van der Waals surface area (Å²) in [7, 11) is 3.90. The lowest BCUT2D eigenvalue weighted by Gasteiger charge is -2.17. The van der Waals surface area contributed by atoms with Crippen molar-refractivity contribution in [3.05, 3.63) is 41.6 Å². The highest BCUT2D eigenvalue weighted by Gasteiger charge is 2.15. The van der Waals surface area contributed by atoms with E-state index in [0.717, 1.165) is 39.5 Å². The molecule has 0 saturated heterocycles. The number of aromatic amines is 1. The third-order valence-electron chi connectivity index (χ3n) is 4.12. The average molecular weight is 321 g/mol. The number of rotatable bonds is 3. The van der Waals surface area contributed by atoms with E-state index >= 15 is 0 Å². The minimum Gasteiger partial charge on any atom is -0.351 e. The maximum Gasteiger partial charge on any atom is 0.163 e. The predicted octanol–water partition coefficient (Wildman–Crippen LogP) is 2.49. The summed E-state index contributed by atoms with van der Waals surface area (Å²) in [5.41, 5.74) is 4.09. The van der Waals surface area contributed by atoms with Crippen molar-refractivity contribution in [3.8, 4) is 0 Å². The summed E-state index contributed by atoms with van der Waals surface area (Å²) >= 11 is 0. The first kappa shape index (κ1) is 14.6. The number of fused-ring (bicyclic) bond motifs is 2. The molecule has 0 radical (unpaired) electrons. The second kappa shape index (κ2) is 5.30. The van der Waals surface area contributed by atoms with Gasteiger partial charge in [-0.05, 0) is 31.5 Å². The fourth-order valence-corrected chi connectivity index (χ4v) is 2.95. The molecule has 1 aromatic carbocycles. The molecule has 0 unspecified atom stereocenters. The van der Waals surface area contributed by atoms with Crippen LogP contribution in [0.15, 0.2) is 24.4 Å². The van der Waals surface area contributed by atoms with E-state index in [1.165, 1.54) is 5.56 Å². The molecule has 0 aliphatic heterocycles. The van der Waals surface area contributed by atoms with E-state index in [1.54, 1.807) is 4.68 Å². The Kier molecular flexibility index (Phi) is 3.23. The molecule has 7 heteroatoms. The minimum absolute atomic E-state index is 0.633. The zero-order valence-corrected chi connectivity index (χ0v) is 14.2. The Balaban J connectivity index is 1.71. The molecule has 0 amide bonds. The summed E-state index contributed by atoms with van der Waals surface area (Å²) in [6.45, 7) is 4.61. The van der Waals surface area contributed by atoms with Crippen LogP contribution < -0.4 is 4.90 Å². The van der Waals surface area contributed by atoms with Crippen molar-refractivity contribution < 1.29 is 0 Å². The average Bonchev–Trinajstić information content (AvgIpc) is 3.09. The third kappa shape index (κ3) is 2.38. The van der Waals surface area contributed by atoms with Gasteiger partial charge in [-0.3, -0.25) is 4.68 Å². The summed E-state index contributed by atoms with van der Waals surface area (Å²) in [5.74, 6) is 2.50. The summed E-state index contributed by atoms with van der Waals surface area (Å²) in [6, 6.07) is 6.22. The first-order valence-corrected chi connectivity index (χ1v) is 7.84. The number of hydrogen-bond acceptors (Lipinski definition) is 5. The summed E-state index contributed by atoms with van der Waals surface area (Å²) < 4.78 is 1.77. The Labute approximate surface area is 139 Å². The molecule has 3 heterocycles. The van der Waals surface area contributed by atoms with E-state index in [0.29, 0.717) is 6.54 Å². The van der Waals surface area contributed by atoms with Gasteiger partial charge in [-0.25, -0.2) is 15.0 Å². The van der Waals surface area contributed by atoms with E-state index in [4.69, 9.17) is 0 Å². The van der Waals surface area contributed by atoms with E-state index in [-0.39, 0.29) is 0 Å². The fourth-order valence-electron chi connectivity index (χ4n) is 2.95. The molecule has 24 heavy (non-hydrogen) atoms. The van der Waals surface area contributed by atoms with Crippen LogP contribution >= 0.6 is 0 Å². The van der Waals surface area contributed by atoms with Crippen LogP contribution in [0.2, 0.25) is 0 Å². The van der Waals surface area contributed by atoms with E-state index in [2.05, 4.69) is 49.0 Å². The van der Waals surface area contributed by atoms with Crippen LogP contribution in [0.5, 0.6) is 0 Å². The lowest BCUT2D eigenvalue weighted by atomic mass is 10.2. The van der Waals surface area contributed by atoms with E-state index < -0.39 is 0 Å². The molecule has 4 rings (SSSR count). The second-order valence-electron chi connectivity index (χ2n) is 6.16. The lowest BCUT2D eigenvalue weighted by molar-refractivity contribution is 0.781. The molecular formula is C17H19N7. The zero-order valence-electron chi connectivity index (χ0n) is 14.2. The highest BCUT2D eigenvalue weighted by Crippen LogP contribution is 2.24. The van der Waals surface area contributed by atoms with Crippen LogP contribution in [0.4, 0.5) is 5.82 Å². The second-order valence-corrected chi connectivity index (χ2v) is 6.16. The molecular weight excluding hydrogens is 302 g/mol. The molecule has 4 aromatic rings. The predicted molar refractivity (Wildman–Crippen MR) is 94.0 cm³/mol. The number of H-pyrrole nitrogens is 1. The first-order valence-electron chi connectivity index (χ1n) is 7.84. The van der Waals surface area contributed by atoms with Crippen molar-refractivity contribution in [3.63, 3.8) is 0 Å². The highest BCUT2D eigenvalue weighted by molar-refractivity contribution is 5.86. The van der Waals surface area contributed by atoms with Gasteiger partial charge in [0.25, 0.3) is 0 Å². The lowest BCUT2D eigenvalue weighted by Crippen LogP contribution is -2.19. The van der Waals surface area contributed by atoms with Crippen LogP contribution in [0.25, 0.3) is 22.1 Å². The maximum atomic E-state index is 4.67. The Hall–Kier alpha value is -2.96. The molecule has 0 saturated carbocycles. The Morgan fingerprint density at radius 2 is 2.00 bits per heavy atom. The van der Waals surface area contributed by atoms with Gasteiger partial charge in [0.1, 0.15) is 17.5 Å². The number of anilines is 1. The third-order valence-corrected chi connectivity index (χ3v) is 4.12. The smallest absolute Gasteiger partial charge is 0.163 e. The molecule has 0 spiro atoms. The molecule has 0 aliphatic carbocycles. The van der Waals surface area contributed by atoms with Gasteiger partial charge in [0.2, 0.25) is 0 Å². The summed E-state index contributed by atoms with van der Waals surface area (Å²) in [4.78, 5) is 19.2. The Bertz CT molecular complexity index is 1040. The number of imidazole rings is 1. The molecule has 3 aromatic heterocycles. The highest BCUT2D eigenvalue weighted by atomic mass is 15.3. The zero-order chi connectivity index (χ0) is 16.8. The van der Waals surface area contributed by atoms with Crippen molar-refractivity contribution in [2.24, 2.45) is 7.05 Å². The monoisotopic (exact) mass is 321 g/mol. The number of nitrogens with one attached hydrogen (secondary N) is 1. The van der Waals surface area contributed by atoms with Crippen LogP contribution in [0.3, 0.4) is 0 Å². The molecule has 0 aliphatic rings. The van der Waals surface area contributed by atoms with Gasteiger partial charge in [0.05, 0.1) is 29.2 Å². The standard InChI is InChI=1S/C17H19N7/c1-10-5-6-13-14(7-10)22-15(21-13)9-23(3)16-12-8-18-24(4)17(12)20-11(2)19-16/h5-8H,9H2,1-4H3,(H,21,22). The molecule has 0 bridgehead atoms. The van der Waals surface area contributed by atoms with Crippen molar-refractivity contribution in [2.75, 3.05) is 11.9 Å². The van der Waals surface area contributed by atoms with Crippen molar-refractivity contribution in [1.82, 2.24) is 29.7 Å². The largest absolute Gasteiger partial charge is 0.351 e. The Morgan fingerprint density at radius 1 is 1.17 bits per heavy atom. The number of benzene rings is 1. The minimum atomic E-state index is 0.633. The summed E-state index contributed by atoms with van der Waals surface area (Å²) in [5, 5.41) is 5.24. The van der Waals surface area contributed by atoms with Crippen LogP contribution in [-0.4, -0.2) is 36.8 Å². The number of aryl methyl sites for hydroxylation is 3. The first-order chi connectivity index (χ1) is 11.5. The molecule has 122 valence electrons. The van der Waals surface area contributed by atoms with Gasteiger partial charge in [0, 0.05) is 14.1 Å². The van der Waals surface area contributed by atoms with E-state index in [1.807, 2.05) is 33.3 Å². The van der Waals surface area contributed by atoms with Gasteiger partial charge in [0.15, 0.2) is 5.65 Å². The molecule has 7 nitrogen and oxygen atoms in total. The molecule has 0 atom stereocenters. The summed E-state index contributed by atoms with van der Waals surface area (Å²) in [6.07, 6.45) is 1.81. The quantitative estimate of drug-likeness (QED) is 0.627. The van der Waals surface area contributed by atoms with Crippen LogP contribution in [0, 0.1) is 13.8 Å². The van der Waals surface area contributed by atoms with E-state index in [9.17, 15) is 0 Å². The number of hydrogen-bond donors (Lipinski definition) is 1. The SMILES string of the molecule is Cc1ccc2nc(CN(C)c3nc(C)nc4c3cnn4C)[nH]c2c1. The van der Waals surface area contributed by atoms with Gasteiger partial charge >= 0.3 is 0 Å². The van der Waals surface area contributed by atoms with Gasteiger partial charge in [-0.15, -0.1) is 0 Å². The molecule has 0 fully saturated rings. The Morgan fingerprint density at radius 3 is 2.83 bits per heavy atom. The fraction of sp³-hybridized carbons (Fsp3) is 0.294.